The highest BCUT2D eigenvalue weighted by atomic mass is 16.5. The summed E-state index contributed by atoms with van der Waals surface area (Å²) >= 11 is 0. The SMILES string of the molecule is NCc1cc(N)cc(-c2ccc(C3C=CC(OCCCCCCOC(=O)C=Cc4ccccc4)=CC3)cc2)c1. The molecule has 0 bridgehead atoms. The Morgan fingerprint density at radius 3 is 2.38 bits per heavy atom. The second kappa shape index (κ2) is 14.7. The van der Waals surface area contributed by atoms with Crippen molar-refractivity contribution in [1.29, 1.82) is 0 Å². The largest absolute Gasteiger partial charge is 0.494 e. The van der Waals surface area contributed by atoms with Crippen molar-refractivity contribution in [3.05, 3.63) is 120 Å². The molecule has 0 aliphatic heterocycles. The Hall–Kier alpha value is -4.09. The second-order valence-corrected chi connectivity index (χ2v) is 9.77. The maximum atomic E-state index is 11.8. The first kappa shape index (κ1) is 27.9. The fraction of sp³-hybridized carbons (Fsp3) is 0.265. The van der Waals surface area contributed by atoms with Gasteiger partial charge in [0.1, 0.15) is 5.76 Å². The van der Waals surface area contributed by atoms with Crippen LogP contribution in [0, 0.1) is 0 Å². The molecule has 0 radical (unpaired) electrons. The molecular weight excluding hydrogens is 484 g/mol. The molecule has 0 amide bonds. The summed E-state index contributed by atoms with van der Waals surface area (Å²) in [7, 11) is 0. The third kappa shape index (κ3) is 9.01. The third-order valence-corrected chi connectivity index (χ3v) is 6.75. The number of hydrogen-bond donors (Lipinski definition) is 2. The zero-order chi connectivity index (χ0) is 27.3. The van der Waals surface area contributed by atoms with Crippen LogP contribution in [0.25, 0.3) is 17.2 Å². The van der Waals surface area contributed by atoms with E-state index < -0.39 is 0 Å². The van der Waals surface area contributed by atoms with E-state index in [1.807, 2.05) is 42.5 Å². The van der Waals surface area contributed by atoms with E-state index in [1.165, 1.54) is 11.6 Å². The molecule has 39 heavy (non-hydrogen) atoms. The Bertz CT molecular complexity index is 1290. The fourth-order valence-corrected chi connectivity index (χ4v) is 4.58. The molecule has 202 valence electrons. The van der Waals surface area contributed by atoms with Gasteiger partial charge in [0.05, 0.1) is 13.2 Å². The number of nitrogens with two attached hydrogens (primary N) is 2. The van der Waals surface area contributed by atoms with Crippen molar-refractivity contribution >= 4 is 17.7 Å². The monoisotopic (exact) mass is 522 g/mol. The summed E-state index contributed by atoms with van der Waals surface area (Å²) in [5, 5.41) is 0. The van der Waals surface area contributed by atoms with Crippen LogP contribution in [0.5, 0.6) is 0 Å². The minimum absolute atomic E-state index is 0.296. The van der Waals surface area contributed by atoms with Crippen molar-refractivity contribution in [1.82, 2.24) is 0 Å². The fourth-order valence-electron chi connectivity index (χ4n) is 4.58. The Morgan fingerprint density at radius 1 is 0.897 bits per heavy atom. The lowest BCUT2D eigenvalue weighted by atomic mass is 9.90. The molecule has 0 saturated heterocycles. The molecule has 0 spiro atoms. The van der Waals surface area contributed by atoms with Gasteiger partial charge in [0.2, 0.25) is 0 Å². The topological polar surface area (TPSA) is 87.6 Å². The maximum Gasteiger partial charge on any atom is 0.330 e. The number of anilines is 1. The molecule has 3 aromatic rings. The molecule has 4 N–H and O–H groups in total. The van der Waals surface area contributed by atoms with Crippen LogP contribution in [-0.2, 0) is 20.8 Å². The van der Waals surface area contributed by atoms with Crippen LogP contribution in [0.15, 0.2) is 103 Å². The van der Waals surface area contributed by atoms with E-state index in [0.29, 0.717) is 25.7 Å². The van der Waals surface area contributed by atoms with Gasteiger partial charge in [-0.2, -0.15) is 0 Å². The summed E-state index contributed by atoms with van der Waals surface area (Å²) < 4.78 is 11.2. The minimum atomic E-state index is -0.296. The summed E-state index contributed by atoms with van der Waals surface area (Å²) in [6.07, 6.45) is 14.5. The summed E-state index contributed by atoms with van der Waals surface area (Å²) in [6, 6.07) is 24.4. The first-order chi connectivity index (χ1) is 19.1. The van der Waals surface area contributed by atoms with Crippen molar-refractivity contribution in [3.8, 4) is 11.1 Å². The van der Waals surface area contributed by atoms with Gasteiger partial charge in [0.25, 0.3) is 0 Å². The summed E-state index contributed by atoms with van der Waals surface area (Å²) in [5.41, 5.74) is 18.1. The van der Waals surface area contributed by atoms with E-state index in [9.17, 15) is 4.79 Å². The van der Waals surface area contributed by atoms with Crippen LogP contribution in [-0.4, -0.2) is 19.2 Å². The maximum absolute atomic E-state index is 11.8. The smallest absolute Gasteiger partial charge is 0.330 e. The van der Waals surface area contributed by atoms with Gasteiger partial charge < -0.3 is 20.9 Å². The van der Waals surface area contributed by atoms with E-state index >= 15 is 0 Å². The average Bonchev–Trinajstić information content (AvgIpc) is 2.98. The Kier molecular flexibility index (Phi) is 10.6. The number of carbonyl (C=O) groups is 1. The average molecular weight is 523 g/mol. The molecule has 1 aliphatic carbocycles. The van der Waals surface area contributed by atoms with E-state index in [1.54, 1.807) is 6.08 Å². The van der Waals surface area contributed by atoms with Gasteiger partial charge in [0, 0.05) is 24.2 Å². The van der Waals surface area contributed by atoms with Gasteiger partial charge in [-0.15, -0.1) is 0 Å². The highest BCUT2D eigenvalue weighted by molar-refractivity contribution is 5.87. The molecular formula is C34H38N2O3. The van der Waals surface area contributed by atoms with Crippen LogP contribution in [0.3, 0.4) is 0 Å². The molecule has 5 heteroatoms. The Labute approximate surface area is 231 Å². The highest BCUT2D eigenvalue weighted by Gasteiger charge is 2.12. The first-order valence-corrected chi connectivity index (χ1v) is 13.7. The predicted molar refractivity (Wildman–Crippen MR) is 160 cm³/mol. The number of rotatable bonds is 13. The quantitative estimate of drug-likeness (QED) is 0.108. The molecule has 0 fully saturated rings. The standard InChI is InChI=1S/C34H38N2O3/c35-25-27-22-31(24-32(36)23-27)30-13-11-28(12-14-30)29-15-17-33(18-16-29)38-20-6-1-2-7-21-39-34(37)19-10-26-8-4-3-5-9-26/h3-5,8-15,17-19,22-24,29H,1-2,6-7,16,20-21,25,35-36H2. The van der Waals surface area contributed by atoms with Crippen molar-refractivity contribution < 1.29 is 14.3 Å². The number of unbranched alkanes of at least 4 members (excludes halogenated alkanes) is 3. The van der Waals surface area contributed by atoms with Crippen molar-refractivity contribution in [2.45, 2.75) is 44.6 Å². The van der Waals surface area contributed by atoms with Crippen LogP contribution in [0.1, 0.15) is 54.7 Å². The van der Waals surface area contributed by atoms with Gasteiger partial charge in [-0.25, -0.2) is 4.79 Å². The molecule has 0 heterocycles. The van der Waals surface area contributed by atoms with Gasteiger partial charge >= 0.3 is 5.97 Å². The van der Waals surface area contributed by atoms with Crippen LogP contribution in [0.2, 0.25) is 0 Å². The van der Waals surface area contributed by atoms with Crippen molar-refractivity contribution in [2.24, 2.45) is 5.73 Å². The third-order valence-electron chi connectivity index (χ3n) is 6.75. The number of benzene rings is 3. The number of hydrogen-bond acceptors (Lipinski definition) is 5. The van der Waals surface area contributed by atoms with Gasteiger partial charge in [-0.3, -0.25) is 0 Å². The lowest BCUT2D eigenvalue weighted by Gasteiger charge is -2.18. The summed E-state index contributed by atoms with van der Waals surface area (Å²) in [6.45, 7) is 1.62. The van der Waals surface area contributed by atoms with Gasteiger partial charge in [-0.1, -0.05) is 60.7 Å². The van der Waals surface area contributed by atoms with E-state index in [2.05, 4.69) is 48.6 Å². The van der Waals surface area contributed by atoms with Crippen molar-refractivity contribution in [2.75, 3.05) is 18.9 Å². The normalized spacial score (nSPS) is 14.8. The molecule has 1 unspecified atom stereocenters. The molecule has 3 aromatic carbocycles. The predicted octanol–water partition coefficient (Wildman–Crippen LogP) is 7.16. The van der Waals surface area contributed by atoms with E-state index in [-0.39, 0.29) is 5.97 Å². The van der Waals surface area contributed by atoms with Gasteiger partial charge in [0.15, 0.2) is 0 Å². The minimum Gasteiger partial charge on any atom is -0.494 e. The lowest BCUT2D eigenvalue weighted by molar-refractivity contribution is -0.137. The molecule has 0 aromatic heterocycles. The number of allylic oxidation sites excluding steroid dienone is 3. The Morgan fingerprint density at radius 2 is 1.67 bits per heavy atom. The molecule has 1 atom stereocenters. The molecule has 0 saturated carbocycles. The van der Waals surface area contributed by atoms with Crippen LogP contribution in [0.4, 0.5) is 5.69 Å². The number of carbonyl (C=O) groups excluding carboxylic acids is 1. The second-order valence-electron chi connectivity index (χ2n) is 9.77. The summed E-state index contributed by atoms with van der Waals surface area (Å²) in [4.78, 5) is 11.8. The van der Waals surface area contributed by atoms with Crippen LogP contribution < -0.4 is 11.5 Å². The van der Waals surface area contributed by atoms with E-state index in [4.69, 9.17) is 20.9 Å². The van der Waals surface area contributed by atoms with Crippen molar-refractivity contribution in [3.63, 3.8) is 0 Å². The Balaban J connectivity index is 1.09. The zero-order valence-electron chi connectivity index (χ0n) is 22.4. The molecule has 4 rings (SSSR count). The van der Waals surface area contributed by atoms with Gasteiger partial charge in [-0.05, 0) is 96.3 Å². The molecule has 5 nitrogen and oxygen atoms in total. The molecule has 1 aliphatic rings. The number of nitrogen functional groups attached to an aromatic ring is 1. The van der Waals surface area contributed by atoms with Crippen LogP contribution >= 0.6 is 0 Å². The van der Waals surface area contributed by atoms with E-state index in [0.717, 1.165) is 65.8 Å². The number of ether oxygens (including phenoxy) is 2. The first-order valence-electron chi connectivity index (χ1n) is 13.7. The lowest BCUT2D eigenvalue weighted by Crippen LogP contribution is -2.03. The number of esters is 1. The summed E-state index contributed by atoms with van der Waals surface area (Å²) in [5.74, 6) is 0.989. The highest BCUT2D eigenvalue weighted by Crippen LogP contribution is 2.30. The zero-order valence-corrected chi connectivity index (χ0v) is 22.4.